The number of non-ortho nitro benzene ring substituents is 1. The molecule has 13 heavy (non-hydrogen) atoms. The summed E-state index contributed by atoms with van der Waals surface area (Å²) in [5, 5.41) is 12.2. The van der Waals surface area contributed by atoms with Crippen LogP contribution in [-0.2, 0) is 0 Å². The standard InChI is InChI=1S/C9H9NO2S/c1-13-7-6-8-2-4-9(5-3-8)10(11)12/h2-7H,1H3/b7-6-. The summed E-state index contributed by atoms with van der Waals surface area (Å²) in [4.78, 5) is 9.91. The number of thioether (sulfide) groups is 1. The first-order valence-corrected chi connectivity index (χ1v) is 4.96. The molecule has 1 aromatic rings. The molecule has 3 nitrogen and oxygen atoms in total. The van der Waals surface area contributed by atoms with E-state index in [2.05, 4.69) is 0 Å². The first kappa shape index (κ1) is 9.80. The van der Waals surface area contributed by atoms with Gasteiger partial charge in [0.25, 0.3) is 5.69 Å². The highest BCUT2D eigenvalue weighted by atomic mass is 32.2. The lowest BCUT2D eigenvalue weighted by Crippen LogP contribution is -1.86. The number of hydrogen-bond donors (Lipinski definition) is 0. The molecule has 0 spiro atoms. The van der Waals surface area contributed by atoms with Gasteiger partial charge in [0.15, 0.2) is 0 Å². The van der Waals surface area contributed by atoms with Gasteiger partial charge in [0, 0.05) is 12.1 Å². The fourth-order valence-corrected chi connectivity index (χ4v) is 1.15. The monoisotopic (exact) mass is 195 g/mol. The smallest absolute Gasteiger partial charge is 0.258 e. The molecular formula is C9H9NO2S. The number of nitro benzene ring substituents is 1. The summed E-state index contributed by atoms with van der Waals surface area (Å²) in [6.07, 6.45) is 3.87. The molecule has 0 fully saturated rings. The predicted octanol–water partition coefficient (Wildman–Crippen LogP) is 2.93. The molecule has 0 radical (unpaired) electrons. The van der Waals surface area contributed by atoms with Crippen molar-refractivity contribution in [3.05, 3.63) is 45.4 Å². The van der Waals surface area contributed by atoms with Crippen LogP contribution in [0.25, 0.3) is 6.08 Å². The molecule has 0 aliphatic heterocycles. The molecule has 68 valence electrons. The topological polar surface area (TPSA) is 43.1 Å². The molecule has 0 saturated heterocycles. The molecule has 1 aromatic carbocycles. The Morgan fingerprint density at radius 2 is 2.00 bits per heavy atom. The van der Waals surface area contributed by atoms with Crippen LogP contribution in [0, 0.1) is 10.1 Å². The van der Waals surface area contributed by atoms with Gasteiger partial charge in [-0.15, -0.1) is 11.8 Å². The van der Waals surface area contributed by atoms with E-state index in [-0.39, 0.29) is 5.69 Å². The van der Waals surface area contributed by atoms with E-state index in [1.54, 1.807) is 23.9 Å². The lowest BCUT2D eigenvalue weighted by atomic mass is 10.2. The van der Waals surface area contributed by atoms with Crippen molar-refractivity contribution in [2.45, 2.75) is 0 Å². The van der Waals surface area contributed by atoms with Crippen molar-refractivity contribution in [2.24, 2.45) is 0 Å². The third-order valence-corrected chi connectivity index (χ3v) is 1.91. The predicted molar refractivity (Wildman–Crippen MR) is 55.6 cm³/mol. The van der Waals surface area contributed by atoms with E-state index < -0.39 is 4.92 Å². The van der Waals surface area contributed by atoms with Crippen molar-refractivity contribution < 1.29 is 4.92 Å². The zero-order chi connectivity index (χ0) is 9.68. The van der Waals surface area contributed by atoms with E-state index in [1.165, 1.54) is 12.1 Å². The Bertz CT molecular complexity index is 319. The maximum Gasteiger partial charge on any atom is 0.269 e. The van der Waals surface area contributed by atoms with Crippen LogP contribution in [0.15, 0.2) is 29.7 Å². The first-order valence-electron chi connectivity index (χ1n) is 3.68. The molecular weight excluding hydrogens is 186 g/mol. The Morgan fingerprint density at radius 1 is 1.38 bits per heavy atom. The fourth-order valence-electron chi connectivity index (χ4n) is 0.854. The van der Waals surface area contributed by atoms with Gasteiger partial charge < -0.3 is 0 Å². The van der Waals surface area contributed by atoms with Crippen LogP contribution in [-0.4, -0.2) is 11.2 Å². The minimum Gasteiger partial charge on any atom is -0.258 e. The molecule has 0 N–H and O–H groups in total. The van der Waals surface area contributed by atoms with Crippen molar-refractivity contribution in [3.8, 4) is 0 Å². The molecule has 0 aliphatic rings. The molecule has 1 rings (SSSR count). The average molecular weight is 195 g/mol. The van der Waals surface area contributed by atoms with Crippen LogP contribution in [0.5, 0.6) is 0 Å². The molecule has 0 aliphatic carbocycles. The lowest BCUT2D eigenvalue weighted by Gasteiger charge is -1.92. The Kier molecular flexibility index (Phi) is 3.52. The summed E-state index contributed by atoms with van der Waals surface area (Å²) < 4.78 is 0. The minimum atomic E-state index is -0.401. The lowest BCUT2D eigenvalue weighted by molar-refractivity contribution is -0.384. The van der Waals surface area contributed by atoms with Gasteiger partial charge in [-0.1, -0.05) is 0 Å². The van der Waals surface area contributed by atoms with E-state index >= 15 is 0 Å². The zero-order valence-electron chi connectivity index (χ0n) is 7.14. The average Bonchev–Trinajstić information content (AvgIpc) is 2.15. The number of benzene rings is 1. The molecule has 0 amide bonds. The number of hydrogen-bond acceptors (Lipinski definition) is 3. The van der Waals surface area contributed by atoms with Crippen molar-refractivity contribution >= 4 is 23.5 Å². The van der Waals surface area contributed by atoms with Gasteiger partial charge in [0.2, 0.25) is 0 Å². The van der Waals surface area contributed by atoms with E-state index in [1.807, 2.05) is 17.7 Å². The molecule has 0 heterocycles. The minimum absolute atomic E-state index is 0.126. The highest BCUT2D eigenvalue weighted by Gasteiger charge is 2.01. The van der Waals surface area contributed by atoms with Crippen molar-refractivity contribution in [1.82, 2.24) is 0 Å². The van der Waals surface area contributed by atoms with Gasteiger partial charge in [0.1, 0.15) is 0 Å². The third-order valence-electron chi connectivity index (χ3n) is 1.50. The fraction of sp³-hybridized carbons (Fsp3) is 0.111. The van der Waals surface area contributed by atoms with Crippen molar-refractivity contribution in [2.75, 3.05) is 6.26 Å². The maximum absolute atomic E-state index is 10.3. The van der Waals surface area contributed by atoms with Crippen LogP contribution in [0.3, 0.4) is 0 Å². The van der Waals surface area contributed by atoms with Crippen LogP contribution >= 0.6 is 11.8 Å². The number of rotatable bonds is 3. The maximum atomic E-state index is 10.3. The summed E-state index contributed by atoms with van der Waals surface area (Å²) in [6, 6.07) is 6.45. The van der Waals surface area contributed by atoms with Gasteiger partial charge >= 0.3 is 0 Å². The van der Waals surface area contributed by atoms with Crippen LogP contribution < -0.4 is 0 Å². The van der Waals surface area contributed by atoms with E-state index in [0.29, 0.717) is 0 Å². The van der Waals surface area contributed by atoms with Crippen molar-refractivity contribution in [1.29, 1.82) is 0 Å². The summed E-state index contributed by atoms with van der Waals surface area (Å²) >= 11 is 1.59. The Balaban J connectivity index is 2.81. The van der Waals surface area contributed by atoms with Gasteiger partial charge in [-0.05, 0) is 35.4 Å². The van der Waals surface area contributed by atoms with E-state index in [9.17, 15) is 10.1 Å². The Labute approximate surface area is 80.6 Å². The summed E-state index contributed by atoms with van der Waals surface area (Å²) in [7, 11) is 0. The molecule has 0 unspecified atom stereocenters. The largest absolute Gasteiger partial charge is 0.269 e. The molecule has 0 bridgehead atoms. The second-order valence-corrected chi connectivity index (χ2v) is 3.13. The Morgan fingerprint density at radius 3 is 2.46 bits per heavy atom. The highest BCUT2D eigenvalue weighted by molar-refractivity contribution is 8.01. The molecule has 0 atom stereocenters. The van der Waals surface area contributed by atoms with Gasteiger partial charge in [-0.3, -0.25) is 10.1 Å². The molecule has 0 saturated carbocycles. The van der Waals surface area contributed by atoms with Crippen molar-refractivity contribution in [3.63, 3.8) is 0 Å². The molecule has 4 heteroatoms. The summed E-state index contributed by atoms with van der Waals surface area (Å²) in [6.45, 7) is 0. The van der Waals surface area contributed by atoms with Crippen LogP contribution in [0.2, 0.25) is 0 Å². The summed E-state index contributed by atoms with van der Waals surface area (Å²) in [5.41, 5.74) is 1.10. The second kappa shape index (κ2) is 4.67. The highest BCUT2D eigenvalue weighted by Crippen LogP contribution is 2.13. The Hall–Kier alpha value is -1.29. The third kappa shape index (κ3) is 2.91. The quantitative estimate of drug-likeness (QED) is 0.550. The van der Waals surface area contributed by atoms with E-state index in [0.717, 1.165) is 5.56 Å². The van der Waals surface area contributed by atoms with Crippen LogP contribution in [0.4, 0.5) is 5.69 Å². The van der Waals surface area contributed by atoms with Gasteiger partial charge in [0.05, 0.1) is 4.92 Å². The van der Waals surface area contributed by atoms with Gasteiger partial charge in [-0.25, -0.2) is 0 Å². The second-order valence-electron chi connectivity index (χ2n) is 2.39. The molecule has 0 aromatic heterocycles. The van der Waals surface area contributed by atoms with Gasteiger partial charge in [-0.2, -0.15) is 0 Å². The van der Waals surface area contributed by atoms with E-state index in [4.69, 9.17) is 0 Å². The first-order chi connectivity index (χ1) is 6.24. The number of nitro groups is 1. The SMILES string of the molecule is CS/C=C\c1ccc([N+](=O)[O-])cc1. The number of nitrogens with zero attached hydrogens (tertiary/aromatic N) is 1. The summed E-state index contributed by atoms with van der Waals surface area (Å²) in [5.74, 6) is 0. The zero-order valence-corrected chi connectivity index (χ0v) is 7.95. The normalized spacial score (nSPS) is 10.5. The van der Waals surface area contributed by atoms with Crippen LogP contribution in [0.1, 0.15) is 5.56 Å².